The van der Waals surface area contributed by atoms with Gasteiger partial charge in [-0.05, 0) is 12.3 Å². The third-order valence-electron chi connectivity index (χ3n) is 3.03. The summed E-state index contributed by atoms with van der Waals surface area (Å²) in [6.07, 6.45) is 0. The third kappa shape index (κ3) is 2.63. The molecule has 0 N–H and O–H groups in total. The van der Waals surface area contributed by atoms with Crippen LogP contribution >= 0.6 is 0 Å². The van der Waals surface area contributed by atoms with Crippen molar-refractivity contribution in [3.8, 4) is 5.75 Å². The van der Waals surface area contributed by atoms with Gasteiger partial charge in [0.05, 0.1) is 13.2 Å². The average Bonchev–Trinajstić information content (AvgIpc) is 2.77. The molecule has 98 valence electrons. The molecule has 1 atom stereocenters. The molecule has 0 aliphatic carbocycles. The van der Waals surface area contributed by atoms with Gasteiger partial charge in [-0.1, -0.05) is 20.8 Å². The van der Waals surface area contributed by atoms with Crippen molar-refractivity contribution in [2.24, 2.45) is 10.4 Å². The Hall–Kier alpha value is -1.58. The monoisotopic (exact) mass is 248 g/mol. The molecule has 18 heavy (non-hydrogen) atoms. The van der Waals surface area contributed by atoms with Crippen LogP contribution in [0.3, 0.4) is 0 Å². The van der Waals surface area contributed by atoms with Gasteiger partial charge in [0, 0.05) is 17.8 Å². The number of pyridine rings is 1. The minimum atomic E-state index is 0.107. The molecule has 0 unspecified atom stereocenters. The molecule has 1 aliphatic rings. The van der Waals surface area contributed by atoms with Crippen LogP contribution in [0.4, 0.5) is 0 Å². The highest BCUT2D eigenvalue weighted by Gasteiger charge is 2.31. The lowest BCUT2D eigenvalue weighted by atomic mass is 9.88. The van der Waals surface area contributed by atoms with Gasteiger partial charge in [-0.25, -0.2) is 9.98 Å². The van der Waals surface area contributed by atoms with Crippen molar-refractivity contribution in [2.45, 2.75) is 33.7 Å². The van der Waals surface area contributed by atoms with E-state index in [-0.39, 0.29) is 11.5 Å². The lowest BCUT2D eigenvalue weighted by molar-refractivity contribution is 0.235. The standard InChI is InChI=1S/C14H20N2O2/c1-9-6-10(17-5)7-11(15-9)13-16-12(8-18-13)14(2,3)4/h6-7,12H,8H2,1-5H3/t12-/m1/s1. The summed E-state index contributed by atoms with van der Waals surface area (Å²) in [6, 6.07) is 3.93. The molecule has 0 bridgehead atoms. The molecule has 0 saturated heterocycles. The largest absolute Gasteiger partial charge is 0.497 e. The molecule has 0 aromatic carbocycles. The fourth-order valence-electron chi connectivity index (χ4n) is 1.82. The Morgan fingerprint density at radius 3 is 2.61 bits per heavy atom. The van der Waals surface area contributed by atoms with Crippen LogP contribution < -0.4 is 4.74 Å². The first-order chi connectivity index (χ1) is 8.40. The molecule has 4 heteroatoms. The summed E-state index contributed by atoms with van der Waals surface area (Å²) < 4.78 is 10.9. The van der Waals surface area contributed by atoms with Crippen molar-refractivity contribution < 1.29 is 9.47 Å². The number of aromatic nitrogens is 1. The second kappa shape index (κ2) is 4.59. The molecule has 0 saturated carbocycles. The topological polar surface area (TPSA) is 43.7 Å². The van der Waals surface area contributed by atoms with Gasteiger partial charge in [0.2, 0.25) is 5.90 Å². The van der Waals surface area contributed by atoms with E-state index in [4.69, 9.17) is 9.47 Å². The maximum Gasteiger partial charge on any atom is 0.235 e. The van der Waals surface area contributed by atoms with E-state index in [9.17, 15) is 0 Å². The lowest BCUT2D eigenvalue weighted by Crippen LogP contribution is -2.25. The number of methoxy groups -OCH3 is 1. The Morgan fingerprint density at radius 1 is 1.33 bits per heavy atom. The molecule has 1 aromatic heterocycles. The lowest BCUT2D eigenvalue weighted by Gasteiger charge is -2.21. The van der Waals surface area contributed by atoms with E-state index in [1.165, 1.54) is 0 Å². The quantitative estimate of drug-likeness (QED) is 0.808. The van der Waals surface area contributed by atoms with E-state index in [0.717, 1.165) is 17.1 Å². The average molecular weight is 248 g/mol. The van der Waals surface area contributed by atoms with Crippen molar-refractivity contribution >= 4 is 5.90 Å². The zero-order valence-electron chi connectivity index (χ0n) is 11.7. The normalized spacial score (nSPS) is 19.4. The van der Waals surface area contributed by atoms with Gasteiger partial charge in [-0.3, -0.25) is 0 Å². The number of ether oxygens (including phenoxy) is 2. The zero-order chi connectivity index (χ0) is 13.3. The maximum absolute atomic E-state index is 5.66. The Kier molecular flexibility index (Phi) is 3.28. The molecule has 2 rings (SSSR count). The van der Waals surface area contributed by atoms with Gasteiger partial charge in [0.25, 0.3) is 0 Å². The van der Waals surface area contributed by atoms with Gasteiger partial charge in [-0.2, -0.15) is 0 Å². The Bertz CT molecular complexity index is 475. The zero-order valence-corrected chi connectivity index (χ0v) is 11.7. The van der Waals surface area contributed by atoms with Crippen LogP contribution in [0.2, 0.25) is 0 Å². The van der Waals surface area contributed by atoms with E-state index >= 15 is 0 Å². The van der Waals surface area contributed by atoms with E-state index in [0.29, 0.717) is 12.5 Å². The maximum atomic E-state index is 5.66. The fourth-order valence-corrected chi connectivity index (χ4v) is 1.82. The number of nitrogens with zero attached hydrogens (tertiary/aromatic N) is 2. The van der Waals surface area contributed by atoms with Crippen molar-refractivity contribution in [3.05, 3.63) is 23.5 Å². The minimum absolute atomic E-state index is 0.107. The van der Waals surface area contributed by atoms with Crippen LogP contribution in [0, 0.1) is 12.3 Å². The van der Waals surface area contributed by atoms with E-state index in [1.807, 2.05) is 19.1 Å². The third-order valence-corrected chi connectivity index (χ3v) is 3.03. The van der Waals surface area contributed by atoms with Gasteiger partial charge < -0.3 is 9.47 Å². The molecule has 2 heterocycles. The van der Waals surface area contributed by atoms with Crippen LogP contribution in [0.5, 0.6) is 5.75 Å². The summed E-state index contributed by atoms with van der Waals surface area (Å²) in [5.74, 6) is 1.40. The predicted octanol–water partition coefficient (Wildman–Crippen LogP) is 2.59. The van der Waals surface area contributed by atoms with Crippen LogP contribution in [0.25, 0.3) is 0 Å². The summed E-state index contributed by atoms with van der Waals surface area (Å²) in [4.78, 5) is 9.07. The summed E-state index contributed by atoms with van der Waals surface area (Å²) in [5, 5.41) is 0. The summed E-state index contributed by atoms with van der Waals surface area (Å²) in [6.45, 7) is 9.05. The van der Waals surface area contributed by atoms with Crippen LogP contribution in [-0.4, -0.2) is 30.6 Å². The number of rotatable bonds is 2. The van der Waals surface area contributed by atoms with E-state index < -0.39 is 0 Å². The molecular formula is C14H20N2O2. The Labute approximate surface area is 108 Å². The SMILES string of the molecule is COc1cc(C)nc(C2=N[C@@H](C(C)(C)C)CO2)c1. The van der Waals surface area contributed by atoms with Gasteiger partial charge in [0.15, 0.2) is 0 Å². The van der Waals surface area contributed by atoms with Gasteiger partial charge >= 0.3 is 0 Å². The molecule has 0 amide bonds. The highest BCUT2D eigenvalue weighted by molar-refractivity contribution is 5.93. The summed E-state index contributed by atoms with van der Waals surface area (Å²) in [5.41, 5.74) is 1.75. The highest BCUT2D eigenvalue weighted by atomic mass is 16.5. The van der Waals surface area contributed by atoms with Crippen molar-refractivity contribution in [1.29, 1.82) is 0 Å². The molecule has 1 aliphatic heterocycles. The van der Waals surface area contributed by atoms with Crippen molar-refractivity contribution in [3.63, 3.8) is 0 Å². The predicted molar refractivity (Wildman–Crippen MR) is 71.3 cm³/mol. The fraction of sp³-hybridized carbons (Fsp3) is 0.571. The molecular weight excluding hydrogens is 228 g/mol. The second-order valence-electron chi connectivity index (χ2n) is 5.66. The molecule has 0 spiro atoms. The summed E-state index contributed by atoms with van der Waals surface area (Å²) in [7, 11) is 1.65. The van der Waals surface area contributed by atoms with Crippen molar-refractivity contribution in [1.82, 2.24) is 4.98 Å². The number of hydrogen-bond acceptors (Lipinski definition) is 4. The summed E-state index contributed by atoms with van der Waals surface area (Å²) >= 11 is 0. The Morgan fingerprint density at radius 2 is 2.06 bits per heavy atom. The smallest absolute Gasteiger partial charge is 0.235 e. The van der Waals surface area contributed by atoms with E-state index in [2.05, 4.69) is 30.7 Å². The first kappa shape index (κ1) is 12.9. The van der Waals surface area contributed by atoms with Crippen molar-refractivity contribution in [2.75, 3.05) is 13.7 Å². The van der Waals surface area contributed by atoms with Crippen LogP contribution in [0.15, 0.2) is 17.1 Å². The second-order valence-corrected chi connectivity index (χ2v) is 5.66. The highest BCUT2D eigenvalue weighted by Crippen LogP contribution is 2.27. The Balaban J connectivity index is 2.30. The van der Waals surface area contributed by atoms with Gasteiger partial charge in [0.1, 0.15) is 18.1 Å². The van der Waals surface area contributed by atoms with Crippen LogP contribution in [-0.2, 0) is 4.74 Å². The first-order valence-corrected chi connectivity index (χ1v) is 6.14. The molecule has 0 radical (unpaired) electrons. The minimum Gasteiger partial charge on any atom is -0.497 e. The molecule has 0 fully saturated rings. The van der Waals surface area contributed by atoms with Crippen LogP contribution in [0.1, 0.15) is 32.2 Å². The van der Waals surface area contributed by atoms with Gasteiger partial charge in [-0.15, -0.1) is 0 Å². The molecule has 1 aromatic rings. The number of hydrogen-bond donors (Lipinski definition) is 0. The first-order valence-electron chi connectivity index (χ1n) is 6.14. The number of aryl methyl sites for hydroxylation is 1. The number of aliphatic imine (C=N–C) groups is 1. The molecule has 4 nitrogen and oxygen atoms in total. The van der Waals surface area contributed by atoms with E-state index in [1.54, 1.807) is 7.11 Å².